The Morgan fingerprint density at radius 1 is 0.811 bits per heavy atom. The Morgan fingerprint density at radius 2 is 1.40 bits per heavy atom. The van der Waals surface area contributed by atoms with Crippen LogP contribution in [0.15, 0.2) is 29.8 Å². The molecule has 1 aromatic carbocycles. The molecular weight excluding hydrogens is 728 g/mol. The van der Waals surface area contributed by atoms with Crippen molar-refractivity contribution in [2.24, 2.45) is 16.8 Å². The Balaban J connectivity index is 0.000000153. The van der Waals surface area contributed by atoms with Gasteiger partial charge in [0.05, 0.1) is 43.2 Å². The summed E-state index contributed by atoms with van der Waals surface area (Å²) in [6, 6.07) is 4.11. The third-order valence-corrected chi connectivity index (χ3v) is 14.0. The second-order valence-electron chi connectivity index (χ2n) is 14.6. The molecule has 10 rings (SSSR count). The standard InChI is InChI=1S/C24H25N5O2S.C15H16ClN3OS/c1-31-19-9-16-11-25-10-15(16)8-18(19)28-22-21-17-6-7-29(24(30)14-4-2-3-5-14)12-20(17)32-23(21)27-13-26-22;16-13-12-10-5-6-19(15(20)9-3-1-2-4-9)7-11(10)21-14(12)18-8-17-13/h8-10,13-14H,2-7,11-12H2,1H3,(H,26,27,28);8-9H,1-7H2. The van der Waals surface area contributed by atoms with Crippen molar-refractivity contribution < 1.29 is 14.3 Å². The van der Waals surface area contributed by atoms with Gasteiger partial charge in [-0.1, -0.05) is 37.3 Å². The number of aliphatic imine (C=N–C) groups is 1. The molecule has 0 saturated heterocycles. The molecule has 1 N–H and O–H groups in total. The van der Waals surface area contributed by atoms with Gasteiger partial charge in [0.2, 0.25) is 11.8 Å². The molecule has 4 aromatic heterocycles. The normalized spacial score (nSPS) is 18.2. The molecule has 0 radical (unpaired) electrons. The van der Waals surface area contributed by atoms with Gasteiger partial charge < -0.3 is 19.9 Å². The molecule has 5 aromatic rings. The highest BCUT2D eigenvalue weighted by Gasteiger charge is 2.33. The first-order valence-electron chi connectivity index (χ1n) is 18.7. The van der Waals surface area contributed by atoms with Gasteiger partial charge in [0, 0.05) is 40.9 Å². The summed E-state index contributed by atoms with van der Waals surface area (Å²) in [4.78, 5) is 55.9. The van der Waals surface area contributed by atoms with Gasteiger partial charge in [0.1, 0.15) is 39.0 Å². The van der Waals surface area contributed by atoms with Gasteiger partial charge >= 0.3 is 0 Å². The van der Waals surface area contributed by atoms with Crippen LogP contribution in [0.2, 0.25) is 5.15 Å². The van der Waals surface area contributed by atoms with Crippen LogP contribution < -0.4 is 10.1 Å². The van der Waals surface area contributed by atoms with E-state index in [-0.39, 0.29) is 11.8 Å². The zero-order valence-corrected chi connectivity index (χ0v) is 32.1. The third-order valence-electron chi connectivity index (χ3n) is 11.5. The second-order valence-corrected chi connectivity index (χ2v) is 17.1. The average molecular weight is 769 g/mol. The lowest BCUT2D eigenvalue weighted by Crippen LogP contribution is -2.38. The van der Waals surface area contributed by atoms with Crippen LogP contribution in [0.1, 0.15) is 83.4 Å². The molecule has 7 heterocycles. The predicted molar refractivity (Wildman–Crippen MR) is 210 cm³/mol. The molecule has 0 spiro atoms. The molecule has 2 aliphatic carbocycles. The summed E-state index contributed by atoms with van der Waals surface area (Å²) < 4.78 is 5.64. The number of aromatic nitrogens is 4. The minimum Gasteiger partial charge on any atom is -0.495 e. The van der Waals surface area contributed by atoms with E-state index in [1.165, 1.54) is 58.5 Å². The maximum absolute atomic E-state index is 13.0. The summed E-state index contributed by atoms with van der Waals surface area (Å²) in [5.41, 5.74) is 5.65. The monoisotopic (exact) mass is 768 g/mol. The quantitative estimate of drug-likeness (QED) is 0.179. The number of methoxy groups -OCH3 is 1. The van der Waals surface area contributed by atoms with Gasteiger partial charge in [0.25, 0.3) is 0 Å². The molecule has 53 heavy (non-hydrogen) atoms. The highest BCUT2D eigenvalue weighted by molar-refractivity contribution is 7.19. The minimum absolute atomic E-state index is 0.221. The number of rotatable bonds is 5. The van der Waals surface area contributed by atoms with Crippen molar-refractivity contribution in [3.8, 4) is 5.75 Å². The van der Waals surface area contributed by atoms with Crippen LogP contribution in [0, 0.1) is 11.8 Å². The fourth-order valence-electron chi connectivity index (χ4n) is 8.68. The summed E-state index contributed by atoms with van der Waals surface area (Å²) in [5.74, 6) is 2.71. The van der Waals surface area contributed by atoms with Gasteiger partial charge in [-0.25, -0.2) is 19.9 Å². The SMILES string of the molecule is COc1cc2c(cc1Nc1ncnc3sc4c(c13)CCN(C(=O)C1CCCC1)C4)C=NC2.O=C(C1CCCC1)N1CCc2c(sc3ncnc(Cl)c23)C1. The Hall–Kier alpha value is -4.20. The van der Waals surface area contributed by atoms with Crippen LogP contribution in [-0.2, 0) is 42.1 Å². The number of anilines is 2. The van der Waals surface area contributed by atoms with E-state index in [9.17, 15) is 9.59 Å². The van der Waals surface area contributed by atoms with Crippen molar-refractivity contribution >= 4 is 84.2 Å². The molecule has 2 fully saturated rings. The van der Waals surface area contributed by atoms with Crippen LogP contribution in [-0.4, -0.2) is 68.0 Å². The van der Waals surface area contributed by atoms with E-state index in [0.29, 0.717) is 36.6 Å². The average Bonchev–Trinajstić information content (AvgIpc) is 4.03. The summed E-state index contributed by atoms with van der Waals surface area (Å²) in [6.07, 6.45) is 15.7. The number of benzene rings is 1. The van der Waals surface area contributed by atoms with Crippen molar-refractivity contribution in [2.75, 3.05) is 25.5 Å². The Labute approximate surface area is 320 Å². The second kappa shape index (κ2) is 14.6. The lowest BCUT2D eigenvalue weighted by atomic mass is 10.0. The molecular formula is C39H41ClN8O3S2. The van der Waals surface area contributed by atoms with Crippen LogP contribution in [0.3, 0.4) is 0 Å². The maximum atomic E-state index is 13.0. The first kappa shape index (κ1) is 34.6. The number of thiophene rings is 2. The molecule has 14 heteroatoms. The van der Waals surface area contributed by atoms with E-state index in [1.54, 1.807) is 36.1 Å². The van der Waals surface area contributed by atoms with Crippen molar-refractivity contribution in [3.05, 3.63) is 61.9 Å². The maximum Gasteiger partial charge on any atom is 0.226 e. The van der Waals surface area contributed by atoms with Gasteiger partial charge in [-0.3, -0.25) is 14.6 Å². The Kier molecular flexibility index (Phi) is 9.49. The Bertz CT molecular complexity index is 2260. The molecule has 11 nitrogen and oxygen atoms in total. The number of amides is 2. The highest BCUT2D eigenvalue weighted by atomic mass is 35.5. The van der Waals surface area contributed by atoms with E-state index in [4.69, 9.17) is 16.3 Å². The number of halogens is 1. The van der Waals surface area contributed by atoms with Crippen molar-refractivity contribution in [1.82, 2.24) is 29.7 Å². The van der Waals surface area contributed by atoms with Crippen LogP contribution in [0.25, 0.3) is 20.4 Å². The molecule has 274 valence electrons. The number of nitrogens with one attached hydrogen (secondary N) is 1. The van der Waals surface area contributed by atoms with E-state index in [0.717, 1.165) is 94.9 Å². The summed E-state index contributed by atoms with van der Waals surface area (Å²) >= 11 is 9.54. The van der Waals surface area contributed by atoms with Crippen LogP contribution >= 0.6 is 34.3 Å². The summed E-state index contributed by atoms with van der Waals surface area (Å²) in [6.45, 7) is 3.64. The van der Waals surface area contributed by atoms with E-state index < -0.39 is 0 Å². The fourth-order valence-corrected chi connectivity index (χ4v) is 11.4. The fraction of sp³-hybridized carbons (Fsp3) is 0.462. The van der Waals surface area contributed by atoms with Crippen molar-refractivity contribution in [3.63, 3.8) is 0 Å². The highest BCUT2D eigenvalue weighted by Crippen LogP contribution is 2.41. The molecule has 2 amide bonds. The van der Waals surface area contributed by atoms with E-state index >= 15 is 0 Å². The van der Waals surface area contributed by atoms with Gasteiger partial charge in [0.15, 0.2) is 0 Å². The van der Waals surface area contributed by atoms with Gasteiger partial charge in [-0.2, -0.15) is 0 Å². The number of hydrogen-bond donors (Lipinski definition) is 1. The third kappa shape index (κ3) is 6.54. The lowest BCUT2D eigenvalue weighted by molar-refractivity contribution is -0.137. The molecule has 0 bridgehead atoms. The molecule has 3 aliphatic heterocycles. The van der Waals surface area contributed by atoms with Crippen molar-refractivity contribution in [1.29, 1.82) is 0 Å². The van der Waals surface area contributed by atoms with Gasteiger partial charge in [-0.05, 0) is 72.9 Å². The van der Waals surface area contributed by atoms with E-state index in [1.807, 2.05) is 17.2 Å². The van der Waals surface area contributed by atoms with Gasteiger partial charge in [-0.15, -0.1) is 22.7 Å². The number of ether oxygens (including phenoxy) is 1. The number of fused-ring (bicyclic) bond motifs is 7. The minimum atomic E-state index is 0.221. The first-order valence-corrected chi connectivity index (χ1v) is 20.7. The summed E-state index contributed by atoms with van der Waals surface area (Å²) in [7, 11) is 1.68. The number of hydrogen-bond acceptors (Lipinski definition) is 11. The lowest BCUT2D eigenvalue weighted by Gasteiger charge is -2.29. The van der Waals surface area contributed by atoms with Crippen molar-refractivity contribution in [2.45, 2.75) is 83.8 Å². The Morgan fingerprint density at radius 3 is 2.02 bits per heavy atom. The van der Waals surface area contributed by atoms with Crippen LogP contribution in [0.5, 0.6) is 5.75 Å². The summed E-state index contributed by atoms with van der Waals surface area (Å²) in [5, 5.41) is 6.09. The van der Waals surface area contributed by atoms with E-state index in [2.05, 4.69) is 41.2 Å². The topological polar surface area (TPSA) is 126 Å². The predicted octanol–water partition coefficient (Wildman–Crippen LogP) is 7.87. The van der Waals surface area contributed by atoms with Crippen LogP contribution in [0.4, 0.5) is 11.5 Å². The molecule has 5 aliphatic rings. The number of carbonyl (C=O) groups excluding carboxylic acids is 2. The molecule has 2 saturated carbocycles. The molecule has 0 unspecified atom stereocenters. The zero-order chi connectivity index (χ0) is 36.1. The smallest absolute Gasteiger partial charge is 0.226 e. The zero-order valence-electron chi connectivity index (χ0n) is 29.7. The number of nitrogens with zero attached hydrogens (tertiary/aromatic N) is 7. The molecule has 0 atom stereocenters. The largest absolute Gasteiger partial charge is 0.495 e. The first-order chi connectivity index (χ1) is 25.9. The number of carbonyl (C=O) groups is 2.